The summed E-state index contributed by atoms with van der Waals surface area (Å²) in [6.07, 6.45) is 1.37. The van der Waals surface area contributed by atoms with Gasteiger partial charge in [-0.05, 0) is 24.3 Å². The minimum Gasteiger partial charge on any atom is -0.487 e. The minimum absolute atomic E-state index is 0.00297. The summed E-state index contributed by atoms with van der Waals surface area (Å²) in [4.78, 5) is 23.0. The van der Waals surface area contributed by atoms with E-state index in [0.717, 1.165) is 0 Å². The molecule has 1 N–H and O–H groups in total. The van der Waals surface area contributed by atoms with Gasteiger partial charge in [0.2, 0.25) is 0 Å². The zero-order chi connectivity index (χ0) is 16.7. The molecular formula is C15H13Cl2NO5. The van der Waals surface area contributed by atoms with Gasteiger partial charge in [0.15, 0.2) is 11.5 Å². The summed E-state index contributed by atoms with van der Waals surface area (Å²) in [6, 6.07) is 8.03. The first-order chi connectivity index (χ1) is 11.1. The first-order valence-corrected chi connectivity index (χ1v) is 7.37. The van der Waals surface area contributed by atoms with Crippen molar-refractivity contribution in [3.05, 3.63) is 52.4 Å². The van der Waals surface area contributed by atoms with Crippen LogP contribution < -0.4 is 10.1 Å². The topological polar surface area (TPSA) is 77.8 Å². The number of benzene rings is 1. The summed E-state index contributed by atoms with van der Waals surface area (Å²) in [5.74, 6) is -0.641. The van der Waals surface area contributed by atoms with Gasteiger partial charge in [-0.1, -0.05) is 29.3 Å². The molecule has 0 saturated heterocycles. The zero-order valence-corrected chi connectivity index (χ0v) is 13.4. The van der Waals surface area contributed by atoms with Crippen molar-refractivity contribution in [2.24, 2.45) is 0 Å². The van der Waals surface area contributed by atoms with Gasteiger partial charge in [0.1, 0.15) is 19.8 Å². The van der Waals surface area contributed by atoms with Gasteiger partial charge in [-0.15, -0.1) is 0 Å². The van der Waals surface area contributed by atoms with Crippen LogP contribution in [0.25, 0.3) is 0 Å². The first-order valence-electron chi connectivity index (χ1n) is 6.62. The summed E-state index contributed by atoms with van der Waals surface area (Å²) in [5, 5.41) is 3.11. The number of halogens is 2. The van der Waals surface area contributed by atoms with Gasteiger partial charge in [0, 0.05) is 0 Å². The van der Waals surface area contributed by atoms with Crippen molar-refractivity contribution in [2.45, 2.75) is 0 Å². The smallest absolute Gasteiger partial charge is 0.325 e. The van der Waals surface area contributed by atoms with Crippen molar-refractivity contribution in [1.82, 2.24) is 5.32 Å². The van der Waals surface area contributed by atoms with Gasteiger partial charge >= 0.3 is 5.97 Å². The largest absolute Gasteiger partial charge is 0.487 e. The third kappa shape index (κ3) is 5.19. The van der Waals surface area contributed by atoms with Crippen LogP contribution in [-0.4, -0.2) is 31.6 Å². The van der Waals surface area contributed by atoms with Crippen LogP contribution >= 0.6 is 23.2 Å². The number of nitrogens with one attached hydrogen (secondary N) is 1. The number of hydrogen-bond acceptors (Lipinski definition) is 5. The molecule has 0 fully saturated rings. The van der Waals surface area contributed by atoms with Crippen LogP contribution in [0.15, 0.2) is 41.0 Å². The quantitative estimate of drug-likeness (QED) is 0.608. The number of hydrogen-bond donors (Lipinski definition) is 1. The monoisotopic (exact) mass is 357 g/mol. The van der Waals surface area contributed by atoms with E-state index in [1.807, 2.05) is 0 Å². The number of amides is 1. The van der Waals surface area contributed by atoms with E-state index < -0.39 is 11.9 Å². The van der Waals surface area contributed by atoms with E-state index in [1.54, 1.807) is 24.3 Å². The lowest BCUT2D eigenvalue weighted by Crippen LogP contribution is -2.31. The number of carbonyl (C=O) groups is 2. The minimum atomic E-state index is -0.598. The van der Waals surface area contributed by atoms with Crippen LogP contribution in [0.3, 0.4) is 0 Å². The van der Waals surface area contributed by atoms with Crippen LogP contribution in [-0.2, 0) is 9.53 Å². The molecule has 0 bridgehead atoms. The lowest BCUT2D eigenvalue weighted by molar-refractivity contribution is -0.143. The molecule has 6 nitrogen and oxygen atoms in total. The molecule has 1 heterocycles. The Hall–Kier alpha value is -2.18. The predicted octanol–water partition coefficient (Wildman–Crippen LogP) is 2.94. The predicted molar refractivity (Wildman–Crippen MR) is 84.0 cm³/mol. The average Bonchev–Trinajstić information content (AvgIpc) is 3.06. The number of ether oxygens (including phenoxy) is 2. The molecule has 1 amide bonds. The van der Waals surface area contributed by atoms with Crippen molar-refractivity contribution < 1.29 is 23.5 Å². The molecule has 2 rings (SSSR count). The molecule has 8 heteroatoms. The van der Waals surface area contributed by atoms with Crippen molar-refractivity contribution >= 4 is 35.1 Å². The van der Waals surface area contributed by atoms with Crippen molar-refractivity contribution in [3.8, 4) is 5.75 Å². The Balaban J connectivity index is 1.66. The Bertz CT molecular complexity index is 652. The second-order valence-corrected chi connectivity index (χ2v) is 5.09. The Morgan fingerprint density at radius 3 is 2.48 bits per heavy atom. The number of carbonyl (C=O) groups excluding carboxylic acids is 2. The Kier molecular flexibility index (Phi) is 6.31. The van der Waals surface area contributed by atoms with E-state index in [2.05, 4.69) is 5.32 Å². The molecule has 1 aromatic heterocycles. The van der Waals surface area contributed by atoms with Gasteiger partial charge < -0.3 is 19.2 Å². The van der Waals surface area contributed by atoms with Gasteiger partial charge in [0.25, 0.3) is 5.91 Å². The van der Waals surface area contributed by atoms with Crippen LogP contribution in [0.1, 0.15) is 10.6 Å². The van der Waals surface area contributed by atoms with E-state index in [4.69, 9.17) is 37.1 Å². The number of rotatable bonds is 7. The SMILES string of the molecule is O=C(CNC(=O)c1ccco1)OCCOc1c(Cl)cccc1Cl. The molecule has 23 heavy (non-hydrogen) atoms. The maximum atomic E-state index is 11.5. The first kappa shape index (κ1) is 17.2. The normalized spacial score (nSPS) is 10.2. The molecule has 0 aliphatic carbocycles. The summed E-state index contributed by atoms with van der Waals surface area (Å²) >= 11 is 11.9. The molecule has 0 aliphatic heterocycles. The summed E-state index contributed by atoms with van der Waals surface area (Å²) < 4.78 is 15.2. The lowest BCUT2D eigenvalue weighted by Gasteiger charge is -2.10. The van der Waals surface area contributed by atoms with E-state index in [-0.39, 0.29) is 25.5 Å². The van der Waals surface area contributed by atoms with E-state index in [9.17, 15) is 9.59 Å². The fourth-order valence-corrected chi connectivity index (χ4v) is 2.12. The van der Waals surface area contributed by atoms with Crippen LogP contribution in [0.5, 0.6) is 5.75 Å². The number of furan rings is 1. The molecule has 0 aliphatic rings. The zero-order valence-electron chi connectivity index (χ0n) is 11.9. The van der Waals surface area contributed by atoms with Crippen LogP contribution in [0, 0.1) is 0 Å². The highest BCUT2D eigenvalue weighted by atomic mass is 35.5. The van der Waals surface area contributed by atoms with Crippen molar-refractivity contribution in [2.75, 3.05) is 19.8 Å². The van der Waals surface area contributed by atoms with Gasteiger partial charge in [-0.2, -0.15) is 0 Å². The Labute approximate surface area is 142 Å². The fourth-order valence-electron chi connectivity index (χ4n) is 1.62. The number of para-hydroxylation sites is 1. The van der Waals surface area contributed by atoms with E-state index in [0.29, 0.717) is 15.8 Å². The van der Waals surface area contributed by atoms with E-state index >= 15 is 0 Å². The third-order valence-corrected chi connectivity index (χ3v) is 3.25. The molecular weight excluding hydrogens is 345 g/mol. The Morgan fingerprint density at radius 2 is 1.83 bits per heavy atom. The third-order valence-electron chi connectivity index (χ3n) is 2.65. The molecule has 0 spiro atoms. The van der Waals surface area contributed by atoms with E-state index in [1.165, 1.54) is 12.3 Å². The van der Waals surface area contributed by atoms with Crippen molar-refractivity contribution in [1.29, 1.82) is 0 Å². The number of esters is 1. The maximum Gasteiger partial charge on any atom is 0.325 e. The second-order valence-electron chi connectivity index (χ2n) is 4.28. The maximum absolute atomic E-state index is 11.5. The van der Waals surface area contributed by atoms with Gasteiger partial charge in [0.05, 0.1) is 16.3 Å². The average molecular weight is 358 g/mol. The standard InChI is InChI=1S/C15H13Cl2NO5/c16-10-3-1-4-11(17)14(10)23-8-7-22-13(19)9-18-15(20)12-5-2-6-21-12/h1-6H,7-9H2,(H,18,20). The summed E-state index contributed by atoms with van der Waals surface area (Å²) in [7, 11) is 0. The fraction of sp³-hybridized carbons (Fsp3) is 0.200. The Morgan fingerprint density at radius 1 is 1.09 bits per heavy atom. The van der Waals surface area contributed by atoms with Gasteiger partial charge in [-0.25, -0.2) is 0 Å². The van der Waals surface area contributed by atoms with Gasteiger partial charge in [-0.3, -0.25) is 9.59 Å². The molecule has 0 unspecified atom stereocenters. The highest BCUT2D eigenvalue weighted by molar-refractivity contribution is 6.37. The molecule has 0 radical (unpaired) electrons. The van der Waals surface area contributed by atoms with Crippen LogP contribution in [0.2, 0.25) is 10.0 Å². The molecule has 2 aromatic rings. The van der Waals surface area contributed by atoms with Crippen LogP contribution in [0.4, 0.5) is 0 Å². The second kappa shape index (κ2) is 8.45. The molecule has 0 atom stereocenters. The molecule has 122 valence electrons. The van der Waals surface area contributed by atoms with Crippen molar-refractivity contribution in [3.63, 3.8) is 0 Å². The summed E-state index contributed by atoms with van der Waals surface area (Å²) in [6.45, 7) is -0.190. The highest BCUT2D eigenvalue weighted by Gasteiger charge is 2.11. The molecule has 1 aromatic carbocycles. The molecule has 0 saturated carbocycles. The lowest BCUT2D eigenvalue weighted by atomic mass is 10.3. The summed E-state index contributed by atoms with van der Waals surface area (Å²) in [5.41, 5.74) is 0. The highest BCUT2D eigenvalue weighted by Crippen LogP contribution is 2.32.